The topological polar surface area (TPSA) is 99.3 Å². The zero-order valence-corrected chi connectivity index (χ0v) is 17.3. The van der Waals surface area contributed by atoms with Gasteiger partial charge in [-0.2, -0.15) is 0 Å². The van der Waals surface area contributed by atoms with Gasteiger partial charge in [0.2, 0.25) is 5.56 Å². The summed E-state index contributed by atoms with van der Waals surface area (Å²) in [5, 5.41) is 13.2. The fourth-order valence-electron chi connectivity index (χ4n) is 2.71. The normalized spacial score (nSPS) is 11.4. The van der Waals surface area contributed by atoms with Gasteiger partial charge in [-0.1, -0.05) is 29.8 Å². The number of nitrogens with one attached hydrogen (secondary N) is 2. The zero-order chi connectivity index (χ0) is 18.7. The molecule has 0 radical (unpaired) electrons. The Kier molecular flexibility index (Phi) is 7.21. The quantitative estimate of drug-likeness (QED) is 0.518. The van der Waals surface area contributed by atoms with Crippen molar-refractivity contribution in [1.29, 1.82) is 0 Å². The van der Waals surface area contributed by atoms with Crippen molar-refractivity contribution in [3.8, 4) is 0 Å². The minimum Gasteiger partial charge on any atom is -1.00 e. The molecule has 27 heavy (non-hydrogen) atoms. The van der Waals surface area contributed by atoms with E-state index in [1.54, 1.807) is 36.4 Å². The van der Waals surface area contributed by atoms with Gasteiger partial charge < -0.3 is 16.8 Å². The fourth-order valence-corrected chi connectivity index (χ4v) is 2.83. The number of pyridine rings is 1. The van der Waals surface area contributed by atoms with Crippen molar-refractivity contribution in [3.05, 3.63) is 81.1 Å². The summed E-state index contributed by atoms with van der Waals surface area (Å²) in [5.41, 5.74) is 1.14. The molecule has 8 heteroatoms. The van der Waals surface area contributed by atoms with Gasteiger partial charge in [0.15, 0.2) is 0 Å². The van der Waals surface area contributed by atoms with Crippen LogP contribution in [-0.2, 0) is 11.2 Å². The Bertz CT molecular complexity index is 1040. The van der Waals surface area contributed by atoms with E-state index in [0.29, 0.717) is 21.7 Å². The molecule has 0 bridgehead atoms. The first kappa shape index (κ1) is 21.2. The molecule has 0 aliphatic carbocycles. The van der Waals surface area contributed by atoms with Crippen molar-refractivity contribution in [2.24, 2.45) is 0 Å². The van der Waals surface area contributed by atoms with Crippen molar-refractivity contribution in [1.82, 2.24) is 10.3 Å². The standard InChI is InChI=1S/C19H15ClN2O4.Na.H/c20-13-7-5-11(6-8-13)18(24)22-16(19(25)26)9-12-10-17(23)21-15-4-2-1-3-14(12)15;;/h1-8,10,16H,9H2,(H,21,23)(H,22,24)(H,25,26);;/q;+1;-1. The van der Waals surface area contributed by atoms with Gasteiger partial charge in [-0.3, -0.25) is 9.59 Å². The number of rotatable bonds is 5. The molecule has 3 rings (SSSR count). The van der Waals surface area contributed by atoms with E-state index in [9.17, 15) is 19.5 Å². The van der Waals surface area contributed by atoms with E-state index in [-0.39, 0.29) is 43.0 Å². The summed E-state index contributed by atoms with van der Waals surface area (Å²) >= 11 is 5.79. The monoisotopic (exact) mass is 394 g/mol. The van der Waals surface area contributed by atoms with Crippen molar-refractivity contribution in [2.75, 3.05) is 0 Å². The predicted molar refractivity (Wildman–Crippen MR) is 99.7 cm³/mol. The number of halogens is 1. The number of amides is 1. The molecule has 0 saturated carbocycles. The van der Waals surface area contributed by atoms with Crippen LogP contribution in [0.3, 0.4) is 0 Å². The van der Waals surface area contributed by atoms with Gasteiger partial charge in [-0.05, 0) is 35.9 Å². The van der Waals surface area contributed by atoms with Crippen LogP contribution in [-0.4, -0.2) is 28.0 Å². The zero-order valence-electron chi connectivity index (χ0n) is 15.5. The van der Waals surface area contributed by atoms with Crippen molar-refractivity contribution in [3.63, 3.8) is 0 Å². The van der Waals surface area contributed by atoms with E-state index in [1.165, 1.54) is 18.2 Å². The molecule has 1 aromatic heterocycles. The summed E-state index contributed by atoms with van der Waals surface area (Å²) in [7, 11) is 0. The Hall–Kier alpha value is -2.12. The minimum atomic E-state index is -1.18. The Morgan fingerprint density at radius 1 is 1.15 bits per heavy atom. The van der Waals surface area contributed by atoms with Crippen LogP contribution in [0.15, 0.2) is 59.4 Å². The van der Waals surface area contributed by atoms with E-state index in [2.05, 4.69) is 10.3 Å². The maximum Gasteiger partial charge on any atom is 1.00 e. The number of aromatic nitrogens is 1. The molecule has 0 saturated heterocycles. The molecule has 1 unspecified atom stereocenters. The molecular formula is C19H16ClN2NaO4. The molecule has 1 amide bonds. The Morgan fingerprint density at radius 3 is 2.48 bits per heavy atom. The van der Waals surface area contributed by atoms with Crippen LogP contribution in [0.5, 0.6) is 0 Å². The largest absolute Gasteiger partial charge is 1.00 e. The van der Waals surface area contributed by atoms with Crippen LogP contribution < -0.4 is 40.4 Å². The number of aliphatic carboxylic acids is 1. The van der Waals surface area contributed by atoms with E-state index < -0.39 is 17.9 Å². The van der Waals surface area contributed by atoms with Crippen molar-refractivity contribution >= 4 is 34.4 Å². The Balaban J connectivity index is 0.00000196. The van der Waals surface area contributed by atoms with Gasteiger partial charge >= 0.3 is 35.5 Å². The first-order valence-electron chi connectivity index (χ1n) is 7.84. The van der Waals surface area contributed by atoms with Crippen LogP contribution >= 0.6 is 11.6 Å². The molecule has 0 fully saturated rings. The molecule has 1 heterocycles. The molecule has 6 nitrogen and oxygen atoms in total. The number of aromatic amines is 1. The third kappa shape index (κ3) is 5.20. The number of carboxylic acid groups (broad SMARTS) is 1. The Labute approximate surface area is 183 Å². The second-order valence-corrected chi connectivity index (χ2v) is 6.22. The molecule has 0 aliphatic heterocycles. The maximum absolute atomic E-state index is 12.3. The number of carbonyl (C=O) groups is 2. The van der Waals surface area contributed by atoms with E-state index in [0.717, 1.165) is 5.39 Å². The number of hydrogen-bond donors (Lipinski definition) is 3. The minimum absolute atomic E-state index is 0. The second-order valence-electron chi connectivity index (χ2n) is 5.78. The summed E-state index contributed by atoms with van der Waals surface area (Å²) < 4.78 is 0. The first-order chi connectivity index (χ1) is 12.4. The van der Waals surface area contributed by atoms with Gasteiger partial charge in [-0.25, -0.2) is 4.79 Å². The molecule has 3 aromatic rings. The van der Waals surface area contributed by atoms with Crippen molar-refractivity contribution < 1.29 is 45.7 Å². The Morgan fingerprint density at radius 2 is 1.81 bits per heavy atom. The molecule has 134 valence electrons. The molecule has 2 aromatic carbocycles. The number of fused-ring (bicyclic) bond motifs is 1. The van der Waals surface area contributed by atoms with Crippen molar-refractivity contribution in [2.45, 2.75) is 12.5 Å². The van der Waals surface area contributed by atoms with E-state index >= 15 is 0 Å². The average molecular weight is 395 g/mol. The second kappa shape index (κ2) is 9.19. The van der Waals surface area contributed by atoms with Crippen LogP contribution in [0.1, 0.15) is 17.3 Å². The summed E-state index contributed by atoms with van der Waals surface area (Å²) in [6.07, 6.45) is -0.0148. The molecule has 1 atom stereocenters. The number of carbonyl (C=O) groups excluding carboxylic acids is 1. The maximum atomic E-state index is 12.3. The molecule has 0 aliphatic rings. The van der Waals surface area contributed by atoms with Crippen LogP contribution in [0, 0.1) is 0 Å². The third-order valence-electron chi connectivity index (χ3n) is 3.97. The van der Waals surface area contributed by atoms with Crippen LogP contribution in [0.2, 0.25) is 5.02 Å². The SMILES string of the molecule is O=C(NC(Cc1cc(=O)[nH]c2ccccc12)C(=O)O)c1ccc(Cl)cc1.[H-].[Na+]. The third-order valence-corrected chi connectivity index (χ3v) is 4.22. The fraction of sp³-hybridized carbons (Fsp3) is 0.105. The first-order valence-corrected chi connectivity index (χ1v) is 8.22. The number of carboxylic acids is 1. The summed E-state index contributed by atoms with van der Waals surface area (Å²) in [6, 6.07) is 13.4. The van der Waals surface area contributed by atoms with Gasteiger partial charge in [0, 0.05) is 34.0 Å². The number of H-pyrrole nitrogens is 1. The smallest absolute Gasteiger partial charge is 1.00 e. The molecule has 0 spiro atoms. The van der Waals surface area contributed by atoms with Gasteiger partial charge in [0.05, 0.1) is 0 Å². The molecular weight excluding hydrogens is 379 g/mol. The van der Waals surface area contributed by atoms with Gasteiger partial charge in [0.1, 0.15) is 6.04 Å². The predicted octanol–water partition coefficient (Wildman–Crippen LogP) is -0.276. The summed E-state index contributed by atoms with van der Waals surface area (Å²) in [6.45, 7) is 0. The number of hydrogen-bond acceptors (Lipinski definition) is 3. The van der Waals surface area contributed by atoms with Gasteiger partial charge in [0.25, 0.3) is 5.91 Å². The van der Waals surface area contributed by atoms with Crippen LogP contribution in [0.25, 0.3) is 10.9 Å². The number of para-hydroxylation sites is 1. The van der Waals surface area contributed by atoms with E-state index in [4.69, 9.17) is 11.6 Å². The summed E-state index contributed by atoms with van der Waals surface area (Å²) in [4.78, 5) is 38.5. The molecule has 3 N–H and O–H groups in total. The van der Waals surface area contributed by atoms with Crippen LogP contribution in [0.4, 0.5) is 0 Å². The summed E-state index contributed by atoms with van der Waals surface area (Å²) in [5.74, 6) is -1.71. The average Bonchev–Trinajstić information content (AvgIpc) is 2.61. The van der Waals surface area contributed by atoms with Gasteiger partial charge in [-0.15, -0.1) is 0 Å². The van der Waals surface area contributed by atoms with E-state index in [1.807, 2.05) is 0 Å². The number of benzene rings is 2.